The molecule has 0 radical (unpaired) electrons. The second kappa shape index (κ2) is 5.15. The summed E-state index contributed by atoms with van der Waals surface area (Å²) in [5, 5.41) is 3.35. The lowest BCUT2D eigenvalue weighted by Crippen LogP contribution is -2.45. The second-order valence-electron chi connectivity index (χ2n) is 4.96. The number of carbonyl (C=O) groups is 1. The summed E-state index contributed by atoms with van der Waals surface area (Å²) in [6.07, 6.45) is 5.50. The highest BCUT2D eigenvalue weighted by atomic mass is 16.5. The first-order chi connectivity index (χ1) is 7.72. The Kier molecular flexibility index (Phi) is 3.82. The normalized spacial score (nSPS) is 29.0. The van der Waals surface area contributed by atoms with E-state index in [-0.39, 0.29) is 18.2 Å². The van der Waals surface area contributed by atoms with E-state index in [1.54, 1.807) is 7.11 Å². The van der Waals surface area contributed by atoms with Gasteiger partial charge >= 0.3 is 0 Å². The van der Waals surface area contributed by atoms with Crippen LogP contribution in [0.25, 0.3) is 0 Å². The molecule has 1 amide bonds. The Balaban J connectivity index is 1.97. The Morgan fingerprint density at radius 2 is 2.19 bits per heavy atom. The molecule has 0 aromatic heterocycles. The Labute approximate surface area is 97.3 Å². The fourth-order valence-electron chi connectivity index (χ4n) is 2.82. The number of ether oxygens (including phenoxy) is 1. The molecule has 0 aromatic rings. The number of nitrogens with one attached hydrogen (secondary N) is 1. The van der Waals surface area contributed by atoms with Gasteiger partial charge in [-0.05, 0) is 25.7 Å². The number of methoxy groups -OCH3 is 1. The van der Waals surface area contributed by atoms with E-state index in [9.17, 15) is 4.79 Å². The summed E-state index contributed by atoms with van der Waals surface area (Å²) in [6.45, 7) is 3.22. The van der Waals surface area contributed by atoms with E-state index in [0.29, 0.717) is 19.0 Å². The van der Waals surface area contributed by atoms with Gasteiger partial charge in [-0.25, -0.2) is 0 Å². The summed E-state index contributed by atoms with van der Waals surface area (Å²) in [4.78, 5) is 13.8. The zero-order valence-corrected chi connectivity index (χ0v) is 10.2. The second-order valence-corrected chi connectivity index (χ2v) is 4.96. The maximum atomic E-state index is 11.8. The summed E-state index contributed by atoms with van der Waals surface area (Å²) in [5.74, 6) is 0.872. The number of hydrogen-bond donors (Lipinski definition) is 1. The van der Waals surface area contributed by atoms with Crippen LogP contribution >= 0.6 is 0 Å². The van der Waals surface area contributed by atoms with Gasteiger partial charge in [0.25, 0.3) is 0 Å². The van der Waals surface area contributed by atoms with E-state index < -0.39 is 0 Å². The van der Waals surface area contributed by atoms with Crippen LogP contribution in [0.1, 0.15) is 32.6 Å². The molecule has 2 rings (SSSR count). The fraction of sp³-hybridized carbons (Fsp3) is 0.917. The van der Waals surface area contributed by atoms with Crippen LogP contribution in [0.3, 0.4) is 0 Å². The molecule has 1 saturated heterocycles. The third-order valence-electron chi connectivity index (χ3n) is 3.82. The van der Waals surface area contributed by atoms with E-state index in [1.165, 1.54) is 25.7 Å². The molecule has 4 nitrogen and oxygen atoms in total. The molecule has 0 bridgehead atoms. The third kappa shape index (κ3) is 2.38. The SMILES string of the molecule is COC(C)CN1C(=O)CNC1C1CCCC1. The highest BCUT2D eigenvalue weighted by Crippen LogP contribution is 2.30. The van der Waals surface area contributed by atoms with Gasteiger partial charge in [-0.1, -0.05) is 12.8 Å². The van der Waals surface area contributed by atoms with Gasteiger partial charge in [0.2, 0.25) is 5.91 Å². The zero-order valence-electron chi connectivity index (χ0n) is 10.2. The van der Waals surface area contributed by atoms with Crippen LogP contribution < -0.4 is 5.32 Å². The highest BCUT2D eigenvalue weighted by Gasteiger charge is 2.37. The number of rotatable bonds is 4. The first-order valence-corrected chi connectivity index (χ1v) is 6.28. The molecule has 2 aliphatic rings. The molecule has 2 atom stereocenters. The van der Waals surface area contributed by atoms with Crippen molar-refractivity contribution in [3.05, 3.63) is 0 Å². The van der Waals surface area contributed by atoms with Crippen molar-refractivity contribution in [2.45, 2.75) is 44.9 Å². The average molecular weight is 226 g/mol. The Morgan fingerprint density at radius 3 is 2.81 bits per heavy atom. The first kappa shape index (κ1) is 11.9. The van der Waals surface area contributed by atoms with E-state index >= 15 is 0 Å². The average Bonchev–Trinajstić information content (AvgIpc) is 2.89. The van der Waals surface area contributed by atoms with Crippen LogP contribution in [-0.2, 0) is 9.53 Å². The van der Waals surface area contributed by atoms with Gasteiger partial charge in [-0.3, -0.25) is 10.1 Å². The summed E-state index contributed by atoms with van der Waals surface area (Å²) in [7, 11) is 1.70. The molecule has 0 aromatic carbocycles. The minimum absolute atomic E-state index is 0.118. The molecule has 1 saturated carbocycles. The van der Waals surface area contributed by atoms with Crippen LogP contribution in [0.15, 0.2) is 0 Å². The minimum Gasteiger partial charge on any atom is -0.380 e. The van der Waals surface area contributed by atoms with Crippen molar-refractivity contribution in [1.29, 1.82) is 0 Å². The molecule has 4 heteroatoms. The van der Waals surface area contributed by atoms with Crippen molar-refractivity contribution < 1.29 is 9.53 Å². The highest BCUT2D eigenvalue weighted by molar-refractivity contribution is 5.80. The smallest absolute Gasteiger partial charge is 0.237 e. The topological polar surface area (TPSA) is 41.6 Å². The lowest BCUT2D eigenvalue weighted by molar-refractivity contribution is -0.130. The molecular formula is C12H22N2O2. The van der Waals surface area contributed by atoms with E-state index in [1.807, 2.05) is 11.8 Å². The van der Waals surface area contributed by atoms with Gasteiger partial charge in [0.1, 0.15) is 0 Å². The molecule has 1 aliphatic heterocycles. The molecule has 16 heavy (non-hydrogen) atoms. The number of amides is 1. The largest absolute Gasteiger partial charge is 0.380 e. The van der Waals surface area contributed by atoms with Gasteiger partial charge in [0, 0.05) is 13.7 Å². The molecule has 1 aliphatic carbocycles. The van der Waals surface area contributed by atoms with Crippen molar-refractivity contribution in [3.63, 3.8) is 0 Å². The van der Waals surface area contributed by atoms with Gasteiger partial charge < -0.3 is 9.64 Å². The Hall–Kier alpha value is -0.610. The van der Waals surface area contributed by atoms with E-state index in [4.69, 9.17) is 4.74 Å². The fourth-order valence-corrected chi connectivity index (χ4v) is 2.82. The lowest BCUT2D eigenvalue weighted by atomic mass is 10.0. The third-order valence-corrected chi connectivity index (χ3v) is 3.82. The Bertz CT molecular complexity index is 251. The molecule has 0 spiro atoms. The van der Waals surface area contributed by atoms with Crippen LogP contribution in [0.2, 0.25) is 0 Å². The van der Waals surface area contributed by atoms with E-state index in [2.05, 4.69) is 5.32 Å². The van der Waals surface area contributed by atoms with Crippen molar-refractivity contribution in [2.75, 3.05) is 20.2 Å². The van der Waals surface area contributed by atoms with Crippen molar-refractivity contribution >= 4 is 5.91 Å². The summed E-state index contributed by atoms with van der Waals surface area (Å²) in [5.41, 5.74) is 0. The van der Waals surface area contributed by atoms with Crippen molar-refractivity contribution in [2.24, 2.45) is 5.92 Å². The number of carbonyl (C=O) groups excluding carboxylic acids is 1. The summed E-state index contributed by atoms with van der Waals surface area (Å²) < 4.78 is 5.25. The predicted molar refractivity (Wildman–Crippen MR) is 61.9 cm³/mol. The maximum Gasteiger partial charge on any atom is 0.237 e. The van der Waals surface area contributed by atoms with Gasteiger partial charge in [0.05, 0.1) is 18.8 Å². The number of hydrogen-bond acceptors (Lipinski definition) is 3. The van der Waals surface area contributed by atoms with Crippen LogP contribution in [-0.4, -0.2) is 43.3 Å². The van der Waals surface area contributed by atoms with Crippen molar-refractivity contribution in [3.8, 4) is 0 Å². The molecular weight excluding hydrogens is 204 g/mol. The van der Waals surface area contributed by atoms with Crippen LogP contribution in [0.4, 0.5) is 0 Å². The quantitative estimate of drug-likeness (QED) is 0.776. The molecule has 2 unspecified atom stereocenters. The van der Waals surface area contributed by atoms with Gasteiger partial charge in [-0.15, -0.1) is 0 Å². The molecule has 1 heterocycles. The van der Waals surface area contributed by atoms with Gasteiger partial charge in [0.15, 0.2) is 0 Å². The summed E-state index contributed by atoms with van der Waals surface area (Å²) in [6, 6.07) is 0. The standard InChI is InChI=1S/C12H22N2O2/c1-9(16-2)8-14-11(15)7-13-12(14)10-5-3-4-6-10/h9-10,12-13H,3-8H2,1-2H3. The maximum absolute atomic E-state index is 11.8. The molecule has 1 N–H and O–H groups in total. The van der Waals surface area contributed by atoms with Crippen LogP contribution in [0.5, 0.6) is 0 Å². The van der Waals surface area contributed by atoms with Crippen molar-refractivity contribution in [1.82, 2.24) is 10.2 Å². The predicted octanol–water partition coefficient (Wildman–Crippen LogP) is 0.969. The first-order valence-electron chi connectivity index (χ1n) is 6.28. The summed E-state index contributed by atoms with van der Waals surface area (Å²) >= 11 is 0. The zero-order chi connectivity index (χ0) is 11.5. The monoisotopic (exact) mass is 226 g/mol. The van der Waals surface area contributed by atoms with E-state index in [0.717, 1.165) is 0 Å². The lowest BCUT2D eigenvalue weighted by Gasteiger charge is -2.30. The Morgan fingerprint density at radius 1 is 1.50 bits per heavy atom. The minimum atomic E-state index is 0.118. The van der Waals surface area contributed by atoms with Gasteiger partial charge in [-0.2, -0.15) is 0 Å². The van der Waals surface area contributed by atoms with Crippen LogP contribution in [0, 0.1) is 5.92 Å². The molecule has 92 valence electrons. The molecule has 2 fully saturated rings. The number of nitrogens with zero attached hydrogens (tertiary/aromatic N) is 1.